The SMILES string of the molecule is C[C@@H](COCCC(=O)N1CCN2c3nc(N)c(C(F)(F)F)cc3COC[C@H]2C1)Nc1cn[nH]c(=O)c1C(F)(F)F. The number of nitrogens with two attached hydrogens (primary N) is 1. The van der Waals surface area contributed by atoms with Crippen molar-refractivity contribution in [2.45, 2.75) is 44.4 Å². The fourth-order valence-corrected chi connectivity index (χ4v) is 4.62. The van der Waals surface area contributed by atoms with Gasteiger partial charge in [0.15, 0.2) is 0 Å². The van der Waals surface area contributed by atoms with Crippen LogP contribution in [0.2, 0.25) is 0 Å². The second-order valence-corrected chi connectivity index (χ2v) is 9.46. The molecule has 2 aliphatic heterocycles. The lowest BCUT2D eigenvalue weighted by molar-refractivity contribution is -0.138. The molecule has 4 rings (SSSR count). The number of hydrogen-bond acceptors (Lipinski definition) is 9. The van der Waals surface area contributed by atoms with Crippen LogP contribution in [-0.2, 0) is 33.2 Å². The minimum absolute atomic E-state index is 0.00259. The topological polar surface area (TPSA) is 139 Å². The fourth-order valence-electron chi connectivity index (χ4n) is 4.62. The summed E-state index contributed by atoms with van der Waals surface area (Å²) in [5.41, 5.74) is 1.58. The number of amides is 1. The Hall–Kier alpha value is -3.60. The number of nitrogens with zero attached hydrogens (tertiary/aromatic N) is 4. The Morgan fingerprint density at radius 2 is 2.02 bits per heavy atom. The third-order valence-electron chi connectivity index (χ3n) is 6.46. The number of ether oxygens (including phenoxy) is 2. The number of halogens is 6. The minimum atomic E-state index is -4.88. The Morgan fingerprint density at radius 1 is 1.27 bits per heavy atom. The molecule has 2 aromatic rings. The van der Waals surface area contributed by atoms with Crippen molar-refractivity contribution in [3.8, 4) is 0 Å². The number of nitrogens with one attached hydrogen (secondary N) is 2. The van der Waals surface area contributed by atoms with Crippen LogP contribution in [0.3, 0.4) is 0 Å². The van der Waals surface area contributed by atoms with Crippen LogP contribution in [0.1, 0.15) is 30.0 Å². The Balaban J connectivity index is 1.28. The highest BCUT2D eigenvalue weighted by Gasteiger charge is 2.39. The Bertz CT molecular complexity index is 1290. The van der Waals surface area contributed by atoms with Crippen molar-refractivity contribution in [1.82, 2.24) is 20.1 Å². The van der Waals surface area contributed by atoms with Gasteiger partial charge in [0, 0.05) is 31.2 Å². The molecule has 0 unspecified atom stereocenters. The predicted octanol–water partition coefficient (Wildman–Crippen LogP) is 2.24. The van der Waals surface area contributed by atoms with E-state index in [1.165, 1.54) is 0 Å². The van der Waals surface area contributed by atoms with E-state index in [4.69, 9.17) is 15.2 Å². The molecule has 0 aliphatic carbocycles. The summed E-state index contributed by atoms with van der Waals surface area (Å²) >= 11 is 0. The van der Waals surface area contributed by atoms with Gasteiger partial charge < -0.3 is 30.3 Å². The highest BCUT2D eigenvalue weighted by atomic mass is 19.4. The maximum atomic E-state index is 13.2. The van der Waals surface area contributed by atoms with Gasteiger partial charge in [0.1, 0.15) is 17.2 Å². The number of nitrogen functional groups attached to an aromatic ring is 1. The van der Waals surface area contributed by atoms with Crippen molar-refractivity contribution in [2.75, 3.05) is 55.4 Å². The first-order chi connectivity index (χ1) is 18.8. The third-order valence-corrected chi connectivity index (χ3v) is 6.46. The molecule has 1 saturated heterocycles. The number of aromatic nitrogens is 3. The van der Waals surface area contributed by atoms with Crippen LogP contribution in [0.4, 0.5) is 43.7 Å². The van der Waals surface area contributed by atoms with E-state index in [0.29, 0.717) is 12.4 Å². The first-order valence-electron chi connectivity index (χ1n) is 12.2. The first-order valence-corrected chi connectivity index (χ1v) is 12.2. The maximum absolute atomic E-state index is 13.2. The van der Waals surface area contributed by atoms with Gasteiger partial charge in [-0.15, -0.1) is 0 Å². The summed E-state index contributed by atoms with van der Waals surface area (Å²) in [4.78, 5) is 31.8. The Morgan fingerprint density at radius 3 is 2.73 bits per heavy atom. The molecule has 0 bridgehead atoms. The fraction of sp³-hybridized carbons (Fsp3) is 0.565. The number of alkyl halides is 6. The zero-order valence-electron chi connectivity index (χ0n) is 21.2. The Labute approximate surface area is 223 Å². The quantitative estimate of drug-likeness (QED) is 0.333. The van der Waals surface area contributed by atoms with Crippen molar-refractivity contribution in [2.24, 2.45) is 0 Å². The lowest BCUT2D eigenvalue weighted by atomic mass is 10.1. The average Bonchev–Trinajstić information content (AvgIpc) is 3.03. The van der Waals surface area contributed by atoms with Crippen molar-refractivity contribution < 1.29 is 40.6 Å². The number of fused-ring (bicyclic) bond motifs is 3. The number of anilines is 3. The van der Waals surface area contributed by atoms with Gasteiger partial charge in [0.25, 0.3) is 5.56 Å². The predicted molar refractivity (Wildman–Crippen MR) is 129 cm³/mol. The van der Waals surface area contributed by atoms with E-state index in [9.17, 15) is 35.9 Å². The van der Waals surface area contributed by atoms with Crippen LogP contribution in [0, 0.1) is 0 Å². The van der Waals surface area contributed by atoms with Crippen molar-refractivity contribution in [3.63, 3.8) is 0 Å². The number of aromatic amines is 1. The van der Waals surface area contributed by atoms with E-state index in [2.05, 4.69) is 15.4 Å². The monoisotopic (exact) mass is 579 g/mol. The molecule has 2 aliphatic rings. The van der Waals surface area contributed by atoms with Crippen LogP contribution >= 0.6 is 0 Å². The number of H-pyrrole nitrogens is 1. The molecule has 0 saturated carbocycles. The Kier molecular flexibility index (Phi) is 8.44. The first kappa shape index (κ1) is 29.4. The van der Waals surface area contributed by atoms with Gasteiger partial charge >= 0.3 is 12.4 Å². The van der Waals surface area contributed by atoms with Crippen LogP contribution in [0.15, 0.2) is 17.1 Å². The normalized spacial score (nSPS) is 18.5. The van der Waals surface area contributed by atoms with Gasteiger partial charge in [0.05, 0.1) is 56.3 Å². The van der Waals surface area contributed by atoms with Crippen LogP contribution in [-0.4, -0.2) is 77.5 Å². The molecule has 0 radical (unpaired) electrons. The third kappa shape index (κ3) is 6.57. The molecule has 220 valence electrons. The van der Waals surface area contributed by atoms with Crippen molar-refractivity contribution >= 4 is 23.2 Å². The molecule has 2 aromatic heterocycles. The number of carbonyl (C=O) groups is 1. The van der Waals surface area contributed by atoms with Crippen LogP contribution < -0.4 is 21.5 Å². The summed E-state index contributed by atoms with van der Waals surface area (Å²) < 4.78 is 90.3. The number of carbonyl (C=O) groups excluding carboxylic acids is 1. The van der Waals surface area contributed by atoms with E-state index in [1.807, 2.05) is 0 Å². The molecule has 4 heterocycles. The van der Waals surface area contributed by atoms with Gasteiger partial charge in [-0.25, -0.2) is 10.1 Å². The van der Waals surface area contributed by atoms with Gasteiger partial charge in [-0.3, -0.25) is 9.59 Å². The minimum Gasteiger partial charge on any atom is -0.383 e. The number of pyridine rings is 1. The van der Waals surface area contributed by atoms with Crippen LogP contribution in [0.25, 0.3) is 0 Å². The second kappa shape index (κ2) is 11.5. The van der Waals surface area contributed by atoms with Gasteiger partial charge in [0.2, 0.25) is 5.91 Å². The van der Waals surface area contributed by atoms with Gasteiger partial charge in [-0.1, -0.05) is 0 Å². The van der Waals surface area contributed by atoms with Crippen molar-refractivity contribution in [3.05, 3.63) is 39.3 Å². The molecule has 0 aromatic carbocycles. The van der Waals surface area contributed by atoms with E-state index in [1.54, 1.807) is 21.8 Å². The van der Waals surface area contributed by atoms with Gasteiger partial charge in [-0.05, 0) is 13.0 Å². The van der Waals surface area contributed by atoms with Gasteiger partial charge in [-0.2, -0.15) is 31.4 Å². The summed E-state index contributed by atoms with van der Waals surface area (Å²) in [5, 5.41) is 7.69. The summed E-state index contributed by atoms with van der Waals surface area (Å²) in [6.07, 6.45) is -8.67. The smallest absolute Gasteiger partial charge is 0.383 e. The average molecular weight is 580 g/mol. The lowest BCUT2D eigenvalue weighted by Gasteiger charge is -2.41. The number of hydrogen-bond donors (Lipinski definition) is 3. The molecule has 17 heteroatoms. The molecule has 1 fully saturated rings. The molecule has 11 nitrogen and oxygen atoms in total. The standard InChI is InChI=1S/C23H27F6N7O4/c1-12(32-16-7-31-34-21(38)18(16)23(27,28)29)9-39-5-2-17(37)35-3-4-36-14(8-35)11-40-10-13-6-15(22(24,25)26)19(30)33-20(13)36/h6-7,12,14H,2-5,8-11H2,1H3,(H2,30,33)(H2,32,34,38)/t12-,14+/m0/s1. The molecule has 2 atom stereocenters. The largest absolute Gasteiger partial charge is 0.423 e. The summed E-state index contributed by atoms with van der Waals surface area (Å²) in [5.74, 6) is -0.562. The van der Waals surface area contributed by atoms with Crippen LogP contribution in [0.5, 0.6) is 0 Å². The molecular formula is C23H27F6N7O4. The van der Waals surface area contributed by atoms with E-state index < -0.39 is 46.6 Å². The molecule has 1 amide bonds. The molecular weight excluding hydrogens is 552 g/mol. The molecule has 4 N–H and O–H groups in total. The zero-order valence-corrected chi connectivity index (χ0v) is 21.2. The summed E-state index contributed by atoms with van der Waals surface area (Å²) in [7, 11) is 0. The van der Waals surface area contributed by atoms with E-state index in [0.717, 1.165) is 12.3 Å². The van der Waals surface area contributed by atoms with Crippen molar-refractivity contribution in [1.29, 1.82) is 0 Å². The van der Waals surface area contributed by atoms with E-state index in [-0.39, 0.29) is 63.5 Å². The molecule has 40 heavy (non-hydrogen) atoms. The highest BCUT2D eigenvalue weighted by Crippen LogP contribution is 2.37. The summed E-state index contributed by atoms with van der Waals surface area (Å²) in [6.45, 7) is 2.41. The summed E-state index contributed by atoms with van der Waals surface area (Å²) in [6, 6.07) is -0.0383. The second-order valence-electron chi connectivity index (χ2n) is 9.46. The van der Waals surface area contributed by atoms with E-state index >= 15 is 0 Å². The maximum Gasteiger partial charge on any atom is 0.423 e. The number of rotatable bonds is 7. The lowest BCUT2D eigenvalue weighted by Crippen LogP contribution is -2.56. The highest BCUT2D eigenvalue weighted by molar-refractivity contribution is 5.76. The number of piperazine rings is 1. The molecule has 0 spiro atoms. The zero-order chi connectivity index (χ0) is 29.2.